The van der Waals surface area contributed by atoms with Crippen LogP contribution >= 0.6 is 0 Å². The summed E-state index contributed by atoms with van der Waals surface area (Å²) in [6, 6.07) is 0. The number of allylic oxidation sites excluding steroid dienone is 1. The number of hydrogen-bond acceptors (Lipinski definition) is 2. The van der Waals surface area contributed by atoms with Gasteiger partial charge in [0, 0.05) is 7.11 Å². The van der Waals surface area contributed by atoms with E-state index in [1.807, 2.05) is 7.11 Å². The van der Waals surface area contributed by atoms with Gasteiger partial charge in [0.15, 0.2) is 0 Å². The average molecular weight is 443 g/mol. The molecule has 0 bridgehead atoms. The van der Waals surface area contributed by atoms with Crippen molar-refractivity contribution in [2.24, 2.45) is 46.3 Å². The van der Waals surface area contributed by atoms with Gasteiger partial charge in [-0.15, -0.1) is 6.58 Å². The fourth-order valence-corrected chi connectivity index (χ4v) is 9.32. The minimum absolute atomic E-state index is 0.0999. The molecule has 0 aromatic rings. The fourth-order valence-electron chi connectivity index (χ4n) is 9.32. The third-order valence-corrected chi connectivity index (χ3v) is 11.5. The number of fused-ring (bicyclic) bond motifs is 5. The van der Waals surface area contributed by atoms with E-state index in [1.165, 1.54) is 44.9 Å². The van der Waals surface area contributed by atoms with Crippen molar-refractivity contribution in [2.45, 2.75) is 111 Å². The van der Waals surface area contributed by atoms with Gasteiger partial charge in [0.25, 0.3) is 0 Å². The van der Waals surface area contributed by atoms with E-state index in [1.54, 1.807) is 5.57 Å². The van der Waals surface area contributed by atoms with E-state index in [0.717, 1.165) is 48.9 Å². The van der Waals surface area contributed by atoms with Gasteiger partial charge in [0.05, 0.1) is 11.7 Å². The standard InChI is InChI=1S/C30H50O2/c1-8-30(32-7,20(2)3)18-13-21(4)25-11-12-26-24-10-9-22-19-23(31)14-16-28(22,5)27(24)15-17-29(25,26)6/h8-9,20-21,23-27,31H,1,10-19H2,2-7H3/t21-,23+,24+,25-,26+,27+,28+,29-,30-/m1/s1. The van der Waals surface area contributed by atoms with E-state index in [9.17, 15) is 5.11 Å². The minimum atomic E-state index is -0.185. The van der Waals surface area contributed by atoms with Gasteiger partial charge >= 0.3 is 0 Å². The molecule has 0 spiro atoms. The molecule has 4 aliphatic rings. The second kappa shape index (κ2) is 8.88. The Morgan fingerprint density at radius 1 is 1.16 bits per heavy atom. The molecule has 3 fully saturated rings. The topological polar surface area (TPSA) is 29.5 Å². The summed E-state index contributed by atoms with van der Waals surface area (Å²) in [7, 11) is 1.86. The predicted molar refractivity (Wildman–Crippen MR) is 134 cm³/mol. The van der Waals surface area contributed by atoms with Gasteiger partial charge in [-0.25, -0.2) is 0 Å². The van der Waals surface area contributed by atoms with Crippen LogP contribution in [0.5, 0.6) is 0 Å². The van der Waals surface area contributed by atoms with Crippen LogP contribution in [0.2, 0.25) is 0 Å². The van der Waals surface area contributed by atoms with E-state index in [4.69, 9.17) is 4.74 Å². The van der Waals surface area contributed by atoms with Crippen LogP contribution in [-0.4, -0.2) is 23.9 Å². The molecule has 0 radical (unpaired) electrons. The summed E-state index contributed by atoms with van der Waals surface area (Å²) >= 11 is 0. The Morgan fingerprint density at radius 2 is 1.91 bits per heavy atom. The molecule has 0 aliphatic heterocycles. The van der Waals surface area contributed by atoms with Crippen molar-refractivity contribution in [3.63, 3.8) is 0 Å². The van der Waals surface area contributed by atoms with Crippen molar-refractivity contribution < 1.29 is 9.84 Å². The highest BCUT2D eigenvalue weighted by Crippen LogP contribution is 2.67. The van der Waals surface area contributed by atoms with Crippen molar-refractivity contribution in [3.05, 3.63) is 24.3 Å². The lowest BCUT2D eigenvalue weighted by atomic mass is 9.47. The van der Waals surface area contributed by atoms with Crippen molar-refractivity contribution in [3.8, 4) is 0 Å². The maximum absolute atomic E-state index is 10.3. The summed E-state index contributed by atoms with van der Waals surface area (Å²) < 4.78 is 5.99. The molecule has 2 nitrogen and oxygen atoms in total. The Bertz CT molecular complexity index is 724. The van der Waals surface area contributed by atoms with Crippen LogP contribution in [0.1, 0.15) is 98.8 Å². The summed E-state index contributed by atoms with van der Waals surface area (Å²) in [6.45, 7) is 16.4. The molecule has 2 heteroatoms. The van der Waals surface area contributed by atoms with Crippen LogP contribution in [0, 0.1) is 46.3 Å². The molecule has 9 atom stereocenters. The van der Waals surface area contributed by atoms with Crippen LogP contribution in [0.25, 0.3) is 0 Å². The van der Waals surface area contributed by atoms with E-state index in [2.05, 4.69) is 53.3 Å². The second-order valence-electron chi connectivity index (χ2n) is 12.9. The second-order valence-corrected chi connectivity index (χ2v) is 12.9. The summed E-state index contributed by atoms with van der Waals surface area (Å²) in [4.78, 5) is 0. The molecule has 0 unspecified atom stereocenters. The molecule has 4 aliphatic carbocycles. The number of methoxy groups -OCH3 is 1. The van der Waals surface area contributed by atoms with Gasteiger partial charge in [-0.2, -0.15) is 0 Å². The Morgan fingerprint density at radius 3 is 2.56 bits per heavy atom. The highest BCUT2D eigenvalue weighted by molar-refractivity contribution is 5.25. The van der Waals surface area contributed by atoms with Gasteiger partial charge in [-0.1, -0.05) is 52.3 Å². The largest absolute Gasteiger partial charge is 0.393 e. The van der Waals surface area contributed by atoms with Crippen molar-refractivity contribution in [2.75, 3.05) is 7.11 Å². The van der Waals surface area contributed by atoms with Crippen LogP contribution in [-0.2, 0) is 4.74 Å². The molecule has 1 N–H and O–H groups in total. The quantitative estimate of drug-likeness (QED) is 0.412. The maximum Gasteiger partial charge on any atom is 0.0878 e. The van der Waals surface area contributed by atoms with Crippen molar-refractivity contribution >= 4 is 0 Å². The Hall–Kier alpha value is -0.600. The van der Waals surface area contributed by atoms with E-state index in [0.29, 0.717) is 16.7 Å². The molecular formula is C30H50O2. The van der Waals surface area contributed by atoms with Crippen molar-refractivity contribution in [1.82, 2.24) is 0 Å². The molecule has 0 heterocycles. The van der Waals surface area contributed by atoms with Crippen molar-refractivity contribution in [1.29, 1.82) is 0 Å². The smallest absolute Gasteiger partial charge is 0.0878 e. The molecular weight excluding hydrogens is 392 g/mol. The third-order valence-electron chi connectivity index (χ3n) is 11.5. The third kappa shape index (κ3) is 3.76. The summed E-state index contributed by atoms with van der Waals surface area (Å²) in [5.74, 6) is 4.61. The maximum atomic E-state index is 10.3. The zero-order valence-corrected chi connectivity index (χ0v) is 21.8. The summed E-state index contributed by atoms with van der Waals surface area (Å²) in [5, 5.41) is 10.3. The van der Waals surface area contributed by atoms with Crippen LogP contribution in [0.15, 0.2) is 24.3 Å². The lowest BCUT2D eigenvalue weighted by Gasteiger charge is -2.58. The molecule has 0 amide bonds. The Labute approximate surface area is 198 Å². The van der Waals surface area contributed by atoms with Crippen LogP contribution in [0.3, 0.4) is 0 Å². The van der Waals surface area contributed by atoms with E-state index in [-0.39, 0.29) is 11.7 Å². The SMILES string of the molecule is C=C[C@](CC[C@@H](C)[C@H]1CC[C@H]2[C@@H]3CC=C4C[C@@H](O)CC[C@]4(C)[C@H]3CC[C@]12C)(OC)C(C)C. The number of aliphatic hydroxyl groups excluding tert-OH is 1. The first-order valence-corrected chi connectivity index (χ1v) is 13.7. The first-order valence-electron chi connectivity index (χ1n) is 13.7. The van der Waals surface area contributed by atoms with Gasteiger partial charge in [-0.3, -0.25) is 0 Å². The van der Waals surface area contributed by atoms with Gasteiger partial charge < -0.3 is 9.84 Å². The fraction of sp³-hybridized carbons (Fsp3) is 0.867. The van der Waals surface area contributed by atoms with E-state index < -0.39 is 0 Å². The lowest BCUT2D eigenvalue weighted by Crippen LogP contribution is -2.50. The highest BCUT2D eigenvalue weighted by atomic mass is 16.5. The molecule has 182 valence electrons. The summed E-state index contributed by atoms with van der Waals surface area (Å²) in [5.41, 5.74) is 2.26. The summed E-state index contributed by atoms with van der Waals surface area (Å²) in [6.07, 6.45) is 16.9. The Kier molecular flexibility index (Phi) is 6.80. The van der Waals surface area contributed by atoms with Crippen LogP contribution < -0.4 is 0 Å². The first kappa shape index (κ1) is 24.5. The zero-order chi connectivity index (χ0) is 23.3. The molecule has 3 saturated carbocycles. The minimum Gasteiger partial charge on any atom is -0.393 e. The number of rotatable bonds is 7. The van der Waals surface area contributed by atoms with Gasteiger partial charge in [0.1, 0.15) is 0 Å². The molecule has 32 heavy (non-hydrogen) atoms. The lowest BCUT2D eigenvalue weighted by molar-refractivity contribution is -0.0606. The average Bonchev–Trinajstić information content (AvgIpc) is 3.12. The highest BCUT2D eigenvalue weighted by Gasteiger charge is 2.59. The molecule has 0 saturated heterocycles. The molecule has 0 aromatic heterocycles. The predicted octanol–water partition coefficient (Wildman–Crippen LogP) is 7.57. The number of aliphatic hydroxyl groups is 1. The normalized spacial score (nSPS) is 44.1. The zero-order valence-electron chi connectivity index (χ0n) is 21.8. The Balaban J connectivity index is 1.49. The van der Waals surface area contributed by atoms with E-state index >= 15 is 0 Å². The molecule has 0 aromatic carbocycles. The van der Waals surface area contributed by atoms with Gasteiger partial charge in [0.2, 0.25) is 0 Å². The number of ether oxygens (including phenoxy) is 1. The number of hydrogen-bond donors (Lipinski definition) is 1. The van der Waals surface area contributed by atoms with Gasteiger partial charge in [-0.05, 0) is 111 Å². The van der Waals surface area contributed by atoms with Crippen LogP contribution in [0.4, 0.5) is 0 Å². The first-order chi connectivity index (χ1) is 15.1. The molecule has 4 rings (SSSR count). The monoisotopic (exact) mass is 442 g/mol.